The van der Waals surface area contributed by atoms with Crippen LogP contribution in [0.4, 0.5) is 0 Å². The van der Waals surface area contributed by atoms with E-state index < -0.39 is 0 Å². The Morgan fingerprint density at radius 3 is 2.86 bits per heavy atom. The fourth-order valence-corrected chi connectivity index (χ4v) is 2.29. The van der Waals surface area contributed by atoms with E-state index >= 15 is 0 Å². The lowest BCUT2D eigenvalue weighted by atomic mass is 9.80. The van der Waals surface area contributed by atoms with Crippen molar-refractivity contribution < 1.29 is 5.11 Å². The van der Waals surface area contributed by atoms with Gasteiger partial charge in [-0.25, -0.2) is 0 Å². The standard InChI is InChI=1S/C11H22N2O/c1-9-6-12-5-4-11(9,8-14)13-7-10-2-3-10/h9-10,12-14H,2-8H2,1H3. The highest BCUT2D eigenvalue weighted by molar-refractivity contribution is 4.97. The monoisotopic (exact) mass is 198 g/mol. The maximum absolute atomic E-state index is 9.55. The van der Waals surface area contributed by atoms with Gasteiger partial charge in [0.25, 0.3) is 0 Å². The first kappa shape index (κ1) is 10.4. The maximum atomic E-state index is 9.55. The van der Waals surface area contributed by atoms with Crippen LogP contribution in [0.3, 0.4) is 0 Å². The molecular formula is C11H22N2O. The summed E-state index contributed by atoms with van der Waals surface area (Å²) in [5.41, 5.74) is -0.00611. The topological polar surface area (TPSA) is 44.3 Å². The first-order chi connectivity index (χ1) is 6.77. The van der Waals surface area contributed by atoms with E-state index in [1.165, 1.54) is 12.8 Å². The summed E-state index contributed by atoms with van der Waals surface area (Å²) in [6.07, 6.45) is 3.81. The number of aliphatic hydroxyl groups excluding tert-OH is 1. The molecule has 0 aromatic carbocycles. The van der Waals surface area contributed by atoms with Crippen LogP contribution in [0.1, 0.15) is 26.2 Å². The van der Waals surface area contributed by atoms with Gasteiger partial charge in [-0.15, -0.1) is 0 Å². The highest BCUT2D eigenvalue weighted by atomic mass is 16.3. The summed E-state index contributed by atoms with van der Waals surface area (Å²) in [4.78, 5) is 0. The number of rotatable bonds is 4. The predicted molar refractivity (Wildman–Crippen MR) is 57.2 cm³/mol. The zero-order valence-corrected chi connectivity index (χ0v) is 9.05. The van der Waals surface area contributed by atoms with Gasteiger partial charge in [0.05, 0.1) is 6.61 Å². The lowest BCUT2D eigenvalue weighted by Crippen LogP contribution is -2.60. The van der Waals surface area contributed by atoms with E-state index in [1.807, 2.05) is 0 Å². The lowest BCUT2D eigenvalue weighted by Gasteiger charge is -2.42. The lowest BCUT2D eigenvalue weighted by molar-refractivity contribution is 0.0821. The smallest absolute Gasteiger partial charge is 0.0616 e. The first-order valence-corrected chi connectivity index (χ1v) is 5.83. The van der Waals surface area contributed by atoms with E-state index in [4.69, 9.17) is 0 Å². The Bertz CT molecular complexity index is 194. The van der Waals surface area contributed by atoms with Crippen LogP contribution in [0, 0.1) is 11.8 Å². The third-order valence-corrected chi connectivity index (χ3v) is 3.86. The fourth-order valence-electron chi connectivity index (χ4n) is 2.29. The Balaban J connectivity index is 1.90. The van der Waals surface area contributed by atoms with Crippen molar-refractivity contribution in [3.8, 4) is 0 Å². The van der Waals surface area contributed by atoms with Crippen LogP contribution in [0.25, 0.3) is 0 Å². The summed E-state index contributed by atoms with van der Waals surface area (Å²) >= 11 is 0. The molecular weight excluding hydrogens is 176 g/mol. The molecule has 1 saturated heterocycles. The minimum atomic E-state index is -0.00611. The Morgan fingerprint density at radius 2 is 2.29 bits per heavy atom. The van der Waals surface area contributed by atoms with Crippen molar-refractivity contribution in [1.29, 1.82) is 0 Å². The Labute approximate surface area is 86.3 Å². The molecule has 82 valence electrons. The van der Waals surface area contributed by atoms with Crippen LogP contribution in [0.15, 0.2) is 0 Å². The Kier molecular flexibility index (Phi) is 3.10. The highest BCUT2D eigenvalue weighted by Crippen LogP contribution is 2.30. The van der Waals surface area contributed by atoms with E-state index in [2.05, 4.69) is 17.6 Å². The summed E-state index contributed by atoms with van der Waals surface area (Å²) in [5, 5.41) is 16.5. The van der Waals surface area contributed by atoms with Gasteiger partial charge >= 0.3 is 0 Å². The van der Waals surface area contributed by atoms with Crippen molar-refractivity contribution in [2.45, 2.75) is 31.7 Å². The highest BCUT2D eigenvalue weighted by Gasteiger charge is 2.38. The molecule has 0 amide bonds. The summed E-state index contributed by atoms with van der Waals surface area (Å²) in [7, 11) is 0. The molecule has 0 aromatic heterocycles. The van der Waals surface area contributed by atoms with Gasteiger partial charge in [0.2, 0.25) is 0 Å². The van der Waals surface area contributed by atoms with Crippen LogP contribution in [-0.2, 0) is 0 Å². The molecule has 0 spiro atoms. The molecule has 0 aromatic rings. The minimum absolute atomic E-state index is 0.00611. The largest absolute Gasteiger partial charge is 0.394 e. The van der Waals surface area contributed by atoms with Crippen LogP contribution < -0.4 is 10.6 Å². The predicted octanol–water partition coefficient (Wildman–Crippen LogP) is 0.346. The quantitative estimate of drug-likeness (QED) is 0.610. The molecule has 0 radical (unpaired) electrons. The van der Waals surface area contributed by atoms with Gasteiger partial charge in [-0.05, 0) is 50.7 Å². The maximum Gasteiger partial charge on any atom is 0.0616 e. The second kappa shape index (κ2) is 4.17. The van der Waals surface area contributed by atoms with Gasteiger partial charge in [-0.1, -0.05) is 6.92 Å². The summed E-state index contributed by atoms with van der Waals surface area (Å²) in [6.45, 7) is 5.66. The Morgan fingerprint density at radius 1 is 1.50 bits per heavy atom. The summed E-state index contributed by atoms with van der Waals surface area (Å²) in [6, 6.07) is 0. The van der Waals surface area contributed by atoms with Gasteiger partial charge < -0.3 is 15.7 Å². The van der Waals surface area contributed by atoms with Gasteiger partial charge in [-0.3, -0.25) is 0 Å². The normalized spacial score (nSPS) is 38.6. The number of aliphatic hydroxyl groups is 1. The van der Waals surface area contributed by atoms with Crippen molar-refractivity contribution in [2.24, 2.45) is 11.8 Å². The van der Waals surface area contributed by atoms with Gasteiger partial charge in [-0.2, -0.15) is 0 Å². The molecule has 2 unspecified atom stereocenters. The van der Waals surface area contributed by atoms with Crippen LogP contribution >= 0.6 is 0 Å². The number of hydrogen-bond acceptors (Lipinski definition) is 3. The van der Waals surface area contributed by atoms with Crippen molar-refractivity contribution in [3.63, 3.8) is 0 Å². The molecule has 2 aliphatic rings. The van der Waals surface area contributed by atoms with E-state index in [9.17, 15) is 5.11 Å². The molecule has 1 heterocycles. The van der Waals surface area contributed by atoms with E-state index in [-0.39, 0.29) is 12.1 Å². The summed E-state index contributed by atoms with van der Waals surface area (Å²) in [5.74, 6) is 1.42. The van der Waals surface area contributed by atoms with E-state index in [0.29, 0.717) is 5.92 Å². The third-order valence-electron chi connectivity index (χ3n) is 3.86. The van der Waals surface area contributed by atoms with Crippen molar-refractivity contribution >= 4 is 0 Å². The molecule has 1 aliphatic carbocycles. The molecule has 1 aliphatic heterocycles. The molecule has 2 rings (SSSR count). The van der Waals surface area contributed by atoms with Gasteiger partial charge in [0.1, 0.15) is 0 Å². The van der Waals surface area contributed by atoms with Crippen molar-refractivity contribution in [2.75, 3.05) is 26.2 Å². The van der Waals surface area contributed by atoms with Crippen LogP contribution in [-0.4, -0.2) is 36.9 Å². The van der Waals surface area contributed by atoms with Gasteiger partial charge in [0.15, 0.2) is 0 Å². The molecule has 0 bridgehead atoms. The van der Waals surface area contributed by atoms with Crippen molar-refractivity contribution in [3.05, 3.63) is 0 Å². The van der Waals surface area contributed by atoms with Crippen LogP contribution in [0.5, 0.6) is 0 Å². The van der Waals surface area contributed by atoms with Gasteiger partial charge in [0, 0.05) is 5.54 Å². The molecule has 3 heteroatoms. The average molecular weight is 198 g/mol. The minimum Gasteiger partial charge on any atom is -0.394 e. The molecule has 14 heavy (non-hydrogen) atoms. The zero-order valence-electron chi connectivity index (χ0n) is 9.05. The van der Waals surface area contributed by atoms with E-state index in [0.717, 1.165) is 32.0 Å². The third kappa shape index (κ3) is 2.10. The first-order valence-electron chi connectivity index (χ1n) is 5.83. The molecule has 2 fully saturated rings. The number of hydrogen-bond donors (Lipinski definition) is 3. The SMILES string of the molecule is CC1CNCCC1(CO)NCC1CC1. The Hall–Kier alpha value is -0.120. The van der Waals surface area contributed by atoms with E-state index in [1.54, 1.807) is 0 Å². The second-order valence-electron chi connectivity index (χ2n) is 4.99. The van der Waals surface area contributed by atoms with Crippen molar-refractivity contribution in [1.82, 2.24) is 10.6 Å². The summed E-state index contributed by atoms with van der Waals surface area (Å²) < 4.78 is 0. The molecule has 3 nitrogen and oxygen atoms in total. The number of nitrogens with one attached hydrogen (secondary N) is 2. The zero-order chi connectivity index (χ0) is 10.0. The van der Waals surface area contributed by atoms with Crippen LogP contribution in [0.2, 0.25) is 0 Å². The molecule has 2 atom stereocenters. The second-order valence-corrected chi connectivity index (χ2v) is 4.99. The number of piperidine rings is 1. The average Bonchev–Trinajstić information content (AvgIpc) is 3.01. The molecule has 3 N–H and O–H groups in total. The molecule has 1 saturated carbocycles. The fraction of sp³-hybridized carbons (Fsp3) is 1.00.